The Morgan fingerprint density at radius 1 is 0.425 bits per heavy atom. The molecule has 2 aromatic heterocycles. The van der Waals surface area contributed by atoms with Crippen molar-refractivity contribution in [3.05, 3.63) is 223 Å². The zero-order valence-electron chi connectivity index (χ0n) is 46.0. The number of ketones is 4. The molecule has 80 heavy (non-hydrogen) atoms. The average Bonchev–Trinajstić information content (AvgIpc) is 4.13. The Morgan fingerprint density at radius 3 is 1.12 bits per heavy atom. The molecule has 406 valence electrons. The molecule has 0 amide bonds. The van der Waals surface area contributed by atoms with Crippen LogP contribution >= 0.6 is 0 Å². The Balaban J connectivity index is 0.817. The molecule has 8 nitrogen and oxygen atoms in total. The molecule has 0 aliphatic carbocycles. The molecule has 0 aliphatic rings. The first-order chi connectivity index (χ1) is 38.2. The van der Waals surface area contributed by atoms with Gasteiger partial charge in [0.05, 0.1) is 24.2 Å². The van der Waals surface area contributed by atoms with Crippen molar-refractivity contribution in [3.63, 3.8) is 0 Å². The van der Waals surface area contributed by atoms with Gasteiger partial charge in [-0.25, -0.2) is 17.6 Å². The van der Waals surface area contributed by atoms with Crippen LogP contribution in [0.2, 0.25) is 0 Å². The van der Waals surface area contributed by atoms with E-state index in [0.717, 1.165) is 71.6 Å². The van der Waals surface area contributed by atoms with E-state index in [-0.39, 0.29) is 39.8 Å². The lowest BCUT2D eigenvalue weighted by atomic mass is 9.92. The largest absolute Gasteiger partial charge is 0.493 e. The Kier molecular flexibility index (Phi) is 14.7. The van der Waals surface area contributed by atoms with Crippen LogP contribution in [0.3, 0.4) is 0 Å². The molecule has 0 N–H and O–H groups in total. The average molecular weight is 1080 g/mol. The highest BCUT2D eigenvalue weighted by Crippen LogP contribution is 2.38. The number of aryl methyl sites for hydroxylation is 8. The predicted octanol–water partition coefficient (Wildman–Crippen LogP) is 16.2. The summed E-state index contributed by atoms with van der Waals surface area (Å²) in [6.45, 7) is 14.8. The van der Waals surface area contributed by atoms with Gasteiger partial charge in [-0.3, -0.25) is 19.2 Å². The monoisotopic (exact) mass is 1080 g/mol. The molecule has 10 rings (SSSR count). The van der Waals surface area contributed by atoms with Crippen molar-refractivity contribution in [2.24, 2.45) is 0 Å². The molecular weight excluding hydrogens is 1020 g/mol. The molecule has 8 aromatic carbocycles. The smallest absolute Gasteiger partial charge is 0.287 e. The second-order valence-corrected chi connectivity index (χ2v) is 21.0. The molecule has 0 atom stereocenters. The van der Waals surface area contributed by atoms with E-state index in [9.17, 15) is 19.2 Å². The maximum atomic E-state index is 15.6. The van der Waals surface area contributed by atoms with Gasteiger partial charge >= 0.3 is 0 Å². The summed E-state index contributed by atoms with van der Waals surface area (Å²) in [6, 6.07) is 41.6. The van der Waals surface area contributed by atoms with Gasteiger partial charge in [0.1, 0.15) is 11.5 Å². The maximum Gasteiger partial charge on any atom is 0.287 e. The lowest BCUT2D eigenvalue weighted by Crippen LogP contribution is -2.35. The van der Waals surface area contributed by atoms with Crippen LogP contribution in [0, 0.1) is 41.5 Å². The Hall–Kier alpha value is -8.64. The van der Waals surface area contributed by atoms with Crippen LogP contribution in [-0.2, 0) is 13.1 Å². The molecular formula is C68H60F4N2O6. The van der Waals surface area contributed by atoms with Gasteiger partial charge in [-0.2, -0.15) is 0 Å². The number of benzene rings is 8. The minimum atomic E-state index is -4.04. The van der Waals surface area contributed by atoms with Gasteiger partial charge in [0.25, 0.3) is 11.8 Å². The fraction of sp³-hybridized carbons (Fsp3) is 0.235. The fourth-order valence-electron chi connectivity index (χ4n) is 11.7. The lowest BCUT2D eigenvalue weighted by molar-refractivity contribution is -0.132. The number of carbonyl (C=O) groups excluding carboxylic acids is 4. The number of nitrogens with zero attached hydrogens (tertiary/aromatic N) is 2. The highest BCUT2D eigenvalue weighted by atomic mass is 19.3. The number of alkyl halides is 4. The number of hydrogen-bond acceptors (Lipinski definition) is 6. The third kappa shape index (κ3) is 10.4. The highest BCUT2D eigenvalue weighted by Gasteiger charge is 2.44. The molecule has 0 spiro atoms. The third-order valence-corrected chi connectivity index (χ3v) is 15.2. The quantitative estimate of drug-likeness (QED) is 0.0591. The van der Waals surface area contributed by atoms with Crippen LogP contribution in [0.5, 0.6) is 11.5 Å². The maximum absolute atomic E-state index is 15.6. The number of hydrogen-bond donors (Lipinski definition) is 0. The summed E-state index contributed by atoms with van der Waals surface area (Å²) >= 11 is 0. The summed E-state index contributed by atoms with van der Waals surface area (Å²) in [7, 11) is 0. The lowest BCUT2D eigenvalue weighted by Gasteiger charge is -2.24. The summed E-state index contributed by atoms with van der Waals surface area (Å²) in [5, 5.41) is 3.02. The van der Waals surface area contributed by atoms with Gasteiger partial charge in [-0.05, 0) is 175 Å². The summed E-state index contributed by atoms with van der Waals surface area (Å²) in [5.41, 5.74) is 12.0. The first-order valence-electron chi connectivity index (χ1n) is 26.8. The highest BCUT2D eigenvalue weighted by molar-refractivity contribution is 6.20. The Morgan fingerprint density at radius 2 is 0.762 bits per heavy atom. The number of rotatable bonds is 19. The molecule has 2 heterocycles. The predicted molar refractivity (Wildman–Crippen MR) is 308 cm³/mol. The summed E-state index contributed by atoms with van der Waals surface area (Å²) in [6.07, 6.45) is -2.96. The fourth-order valence-corrected chi connectivity index (χ4v) is 11.7. The summed E-state index contributed by atoms with van der Waals surface area (Å²) < 4.78 is 77.7. The zero-order valence-corrected chi connectivity index (χ0v) is 46.0. The minimum Gasteiger partial charge on any atom is -0.493 e. The number of halogens is 4. The SMILES string of the molecule is CCn1c2ccc(C(=O)c3ccccc3OCCC(F)(F)CC(F)(F)COc3ccccc3C(=O)c3ccc4c(c3)c3cc(C(=O)c5c(C)cc(C)cc5C)ccc3n4CC)cc2c2cc(C(=O)c3c(C)cc(C)cc3C)ccc21. The van der Waals surface area contributed by atoms with Crippen molar-refractivity contribution in [2.75, 3.05) is 13.2 Å². The second-order valence-electron chi connectivity index (χ2n) is 21.0. The van der Waals surface area contributed by atoms with E-state index in [1.807, 2.05) is 128 Å². The van der Waals surface area contributed by atoms with Gasteiger partial charge in [0.2, 0.25) is 0 Å². The van der Waals surface area contributed by atoms with Gasteiger partial charge in [-0.15, -0.1) is 0 Å². The molecule has 0 radical (unpaired) electrons. The van der Waals surface area contributed by atoms with E-state index in [4.69, 9.17) is 9.47 Å². The minimum absolute atomic E-state index is 0.0100. The first-order valence-corrected chi connectivity index (χ1v) is 26.8. The Labute approximate surface area is 461 Å². The number of ether oxygens (including phenoxy) is 2. The standard InChI is InChI=1S/C68H60F4N2O6/c1-9-73-55-23-19-45(33-51(55)53-35-47(21-25-57(53)73)65(77)61-41(5)29-39(3)30-42(61)6)63(75)49-15-11-13-17-59(49)79-28-27-67(69,70)37-68(71,72)38-80-60-18-14-12-16-50(60)64(76)46-20-24-56-52(34-46)54-36-48(22-26-58(54)74(56)10-2)66(78)62-43(7)31-40(4)32-44(62)8/h11-26,29-36H,9-10,27-28,37-38H2,1-8H3. The van der Waals surface area contributed by atoms with E-state index < -0.39 is 49.5 Å². The van der Waals surface area contributed by atoms with E-state index >= 15 is 17.6 Å². The van der Waals surface area contributed by atoms with Gasteiger partial charge in [0, 0.05) is 96.5 Å². The number of para-hydroxylation sites is 2. The van der Waals surface area contributed by atoms with Crippen molar-refractivity contribution in [3.8, 4) is 11.5 Å². The first kappa shape index (κ1) is 54.7. The van der Waals surface area contributed by atoms with Gasteiger partial charge < -0.3 is 18.6 Å². The van der Waals surface area contributed by atoms with Crippen LogP contribution < -0.4 is 9.47 Å². The van der Waals surface area contributed by atoms with E-state index in [1.54, 1.807) is 42.5 Å². The summed E-state index contributed by atoms with van der Waals surface area (Å²) in [4.78, 5) is 56.4. The zero-order chi connectivity index (χ0) is 56.9. The van der Waals surface area contributed by atoms with Crippen molar-refractivity contribution in [1.82, 2.24) is 9.13 Å². The topological polar surface area (TPSA) is 96.6 Å². The van der Waals surface area contributed by atoms with Crippen LogP contribution in [-0.4, -0.2) is 57.3 Å². The molecule has 0 fully saturated rings. The molecule has 12 heteroatoms. The third-order valence-electron chi connectivity index (χ3n) is 15.2. The number of aromatic nitrogens is 2. The van der Waals surface area contributed by atoms with E-state index in [1.165, 1.54) is 30.3 Å². The number of carbonyl (C=O) groups is 4. The van der Waals surface area contributed by atoms with Crippen molar-refractivity contribution in [2.45, 2.75) is 93.2 Å². The summed E-state index contributed by atoms with van der Waals surface area (Å²) in [5.74, 6) is -9.34. The molecule has 10 aromatic rings. The Bertz CT molecular complexity index is 4120. The van der Waals surface area contributed by atoms with Crippen molar-refractivity contribution in [1.29, 1.82) is 0 Å². The second kappa shape index (κ2) is 21.5. The normalized spacial score (nSPS) is 12.0. The molecule has 0 aliphatic heterocycles. The van der Waals surface area contributed by atoms with Crippen molar-refractivity contribution >= 4 is 66.7 Å². The van der Waals surface area contributed by atoms with Crippen molar-refractivity contribution < 1.29 is 46.2 Å². The molecule has 0 bridgehead atoms. The van der Waals surface area contributed by atoms with Gasteiger partial charge in [-0.1, -0.05) is 59.7 Å². The number of fused-ring (bicyclic) bond motifs is 6. The van der Waals surface area contributed by atoms with Crippen LogP contribution in [0.25, 0.3) is 43.6 Å². The van der Waals surface area contributed by atoms with Gasteiger partial charge in [0.15, 0.2) is 29.7 Å². The van der Waals surface area contributed by atoms with Crippen LogP contribution in [0.1, 0.15) is 124 Å². The van der Waals surface area contributed by atoms with E-state index in [0.29, 0.717) is 46.3 Å². The molecule has 0 unspecified atom stereocenters. The molecule has 0 saturated heterocycles. The van der Waals surface area contributed by atoms with Crippen LogP contribution in [0.4, 0.5) is 17.6 Å². The molecule has 0 saturated carbocycles. The van der Waals surface area contributed by atoms with E-state index in [2.05, 4.69) is 9.13 Å². The van der Waals surface area contributed by atoms with Crippen LogP contribution in [0.15, 0.2) is 146 Å².